The van der Waals surface area contributed by atoms with Crippen LogP contribution >= 0.6 is 11.8 Å². The molecule has 1 aromatic heterocycles. The largest absolute Gasteiger partial charge is 0.370 e. The Kier molecular flexibility index (Phi) is 6.61. The van der Waals surface area contributed by atoms with Gasteiger partial charge in [-0.05, 0) is 25.5 Å². The molecule has 0 radical (unpaired) electrons. The molecule has 0 bridgehead atoms. The Balaban J connectivity index is 2.15. The summed E-state index contributed by atoms with van der Waals surface area (Å²) in [5.41, 5.74) is 0. The molecular formula is C16H28N4S. The van der Waals surface area contributed by atoms with Crippen LogP contribution in [-0.4, -0.2) is 35.9 Å². The molecule has 1 fully saturated rings. The van der Waals surface area contributed by atoms with Crippen LogP contribution < -0.4 is 10.2 Å². The molecule has 4 nitrogen and oxygen atoms in total. The minimum absolute atomic E-state index is 0.621. The predicted octanol–water partition coefficient (Wildman–Crippen LogP) is 4.18. The maximum Gasteiger partial charge on any atom is 0.191 e. The molecule has 1 aliphatic carbocycles. The van der Waals surface area contributed by atoms with Gasteiger partial charge in [-0.15, -0.1) is 0 Å². The Labute approximate surface area is 133 Å². The first-order valence-corrected chi connectivity index (χ1v) is 9.37. The summed E-state index contributed by atoms with van der Waals surface area (Å²) in [4.78, 5) is 11.6. The third kappa shape index (κ3) is 4.77. The fraction of sp³-hybridized carbons (Fsp3) is 0.750. The summed E-state index contributed by atoms with van der Waals surface area (Å²) in [5, 5.41) is 4.24. The smallest absolute Gasteiger partial charge is 0.191 e. The molecule has 21 heavy (non-hydrogen) atoms. The fourth-order valence-corrected chi connectivity index (χ4v) is 3.24. The van der Waals surface area contributed by atoms with Gasteiger partial charge in [-0.3, -0.25) is 0 Å². The zero-order valence-electron chi connectivity index (χ0n) is 13.6. The quantitative estimate of drug-likeness (QED) is 0.485. The van der Waals surface area contributed by atoms with Crippen molar-refractivity contribution in [2.24, 2.45) is 0 Å². The molecule has 5 heteroatoms. The zero-order chi connectivity index (χ0) is 15.1. The predicted molar refractivity (Wildman–Crippen MR) is 92.5 cm³/mol. The van der Waals surface area contributed by atoms with E-state index in [0.29, 0.717) is 6.04 Å². The molecule has 0 aliphatic heterocycles. The summed E-state index contributed by atoms with van der Waals surface area (Å²) in [6.45, 7) is 3.12. The van der Waals surface area contributed by atoms with Crippen LogP contribution in [0.2, 0.25) is 0 Å². The van der Waals surface area contributed by atoms with Crippen molar-refractivity contribution >= 4 is 23.4 Å². The first kappa shape index (κ1) is 16.4. The average Bonchev–Trinajstić information content (AvgIpc) is 2.81. The lowest BCUT2D eigenvalue weighted by Gasteiger charge is -2.28. The molecular weight excluding hydrogens is 280 g/mol. The summed E-state index contributed by atoms with van der Waals surface area (Å²) < 4.78 is 0. The van der Waals surface area contributed by atoms with Crippen molar-refractivity contribution in [1.82, 2.24) is 9.97 Å². The fourth-order valence-electron chi connectivity index (χ4n) is 2.86. The van der Waals surface area contributed by atoms with Gasteiger partial charge in [0.1, 0.15) is 11.6 Å². The van der Waals surface area contributed by atoms with E-state index in [-0.39, 0.29) is 0 Å². The highest BCUT2D eigenvalue weighted by Crippen LogP contribution is 2.26. The molecule has 2 rings (SSSR count). The van der Waals surface area contributed by atoms with Crippen molar-refractivity contribution in [3.63, 3.8) is 0 Å². The van der Waals surface area contributed by atoms with Gasteiger partial charge in [0.2, 0.25) is 0 Å². The topological polar surface area (TPSA) is 41.0 Å². The van der Waals surface area contributed by atoms with Gasteiger partial charge in [0.05, 0.1) is 0 Å². The van der Waals surface area contributed by atoms with E-state index in [9.17, 15) is 0 Å². The van der Waals surface area contributed by atoms with E-state index < -0.39 is 0 Å². The number of aromatic nitrogens is 2. The Morgan fingerprint density at radius 1 is 1.24 bits per heavy atom. The van der Waals surface area contributed by atoms with E-state index in [1.165, 1.54) is 38.5 Å². The second-order valence-corrected chi connectivity index (χ2v) is 6.55. The molecule has 1 saturated carbocycles. The van der Waals surface area contributed by atoms with Gasteiger partial charge in [0.25, 0.3) is 0 Å². The summed E-state index contributed by atoms with van der Waals surface area (Å²) >= 11 is 1.61. The Morgan fingerprint density at radius 2 is 1.95 bits per heavy atom. The third-order valence-corrected chi connectivity index (χ3v) is 4.71. The van der Waals surface area contributed by atoms with Crippen LogP contribution in [0.4, 0.5) is 11.6 Å². The van der Waals surface area contributed by atoms with Crippen LogP contribution in [0.1, 0.15) is 51.9 Å². The second kappa shape index (κ2) is 8.47. The van der Waals surface area contributed by atoms with Gasteiger partial charge in [0, 0.05) is 25.7 Å². The summed E-state index contributed by atoms with van der Waals surface area (Å²) in [6, 6.07) is 2.72. The Morgan fingerprint density at radius 3 is 2.57 bits per heavy atom. The van der Waals surface area contributed by atoms with Crippen molar-refractivity contribution in [2.45, 2.75) is 63.1 Å². The lowest BCUT2D eigenvalue weighted by Crippen LogP contribution is -2.32. The lowest BCUT2D eigenvalue weighted by molar-refractivity contribution is 0.547. The van der Waals surface area contributed by atoms with Crippen LogP contribution in [-0.2, 0) is 0 Å². The number of hydrogen-bond donors (Lipinski definition) is 1. The van der Waals surface area contributed by atoms with Crippen molar-refractivity contribution in [1.29, 1.82) is 0 Å². The summed E-state index contributed by atoms with van der Waals surface area (Å²) in [6.07, 6.45) is 11.2. The van der Waals surface area contributed by atoms with Crippen molar-refractivity contribution in [3.8, 4) is 0 Å². The standard InChI is InChI=1S/C16H28N4S/c1-4-11-17-14-12-15(19-16(18-14)21-3)20(2)13-9-7-5-6-8-10-13/h12-13H,4-11H2,1-3H3,(H,17,18,19). The van der Waals surface area contributed by atoms with E-state index >= 15 is 0 Å². The Bertz CT molecular complexity index is 430. The van der Waals surface area contributed by atoms with E-state index in [4.69, 9.17) is 4.98 Å². The number of rotatable bonds is 6. The van der Waals surface area contributed by atoms with Gasteiger partial charge in [-0.25, -0.2) is 9.97 Å². The highest BCUT2D eigenvalue weighted by atomic mass is 32.2. The van der Waals surface area contributed by atoms with Crippen molar-refractivity contribution in [2.75, 3.05) is 30.1 Å². The molecule has 1 aromatic rings. The Hall–Kier alpha value is -0.970. The average molecular weight is 308 g/mol. The zero-order valence-corrected chi connectivity index (χ0v) is 14.4. The van der Waals surface area contributed by atoms with Crippen LogP contribution in [0.5, 0.6) is 0 Å². The normalized spacial score (nSPS) is 16.5. The molecule has 118 valence electrons. The molecule has 0 aromatic carbocycles. The molecule has 0 atom stereocenters. The molecule has 0 amide bonds. The highest BCUT2D eigenvalue weighted by Gasteiger charge is 2.19. The van der Waals surface area contributed by atoms with Gasteiger partial charge < -0.3 is 10.2 Å². The first-order valence-electron chi connectivity index (χ1n) is 8.14. The third-order valence-electron chi connectivity index (χ3n) is 4.16. The maximum absolute atomic E-state index is 4.70. The number of thioether (sulfide) groups is 1. The minimum atomic E-state index is 0.621. The molecule has 0 saturated heterocycles. The molecule has 0 spiro atoms. The SMILES string of the molecule is CCCNc1cc(N(C)C2CCCCCC2)nc(SC)n1. The van der Waals surface area contributed by atoms with E-state index in [1.807, 2.05) is 6.26 Å². The number of nitrogens with zero attached hydrogens (tertiary/aromatic N) is 3. The van der Waals surface area contributed by atoms with E-state index in [1.54, 1.807) is 11.8 Å². The molecule has 1 N–H and O–H groups in total. The molecule has 1 heterocycles. The summed E-state index contributed by atoms with van der Waals surface area (Å²) in [7, 11) is 2.19. The van der Waals surface area contributed by atoms with Gasteiger partial charge in [-0.2, -0.15) is 0 Å². The van der Waals surface area contributed by atoms with Crippen LogP contribution in [0, 0.1) is 0 Å². The molecule has 1 aliphatic rings. The van der Waals surface area contributed by atoms with Crippen molar-refractivity contribution in [3.05, 3.63) is 6.07 Å². The van der Waals surface area contributed by atoms with Gasteiger partial charge in [-0.1, -0.05) is 44.4 Å². The number of hydrogen-bond acceptors (Lipinski definition) is 5. The summed E-state index contributed by atoms with van der Waals surface area (Å²) in [5.74, 6) is 2.01. The van der Waals surface area contributed by atoms with E-state index in [2.05, 4.69) is 35.2 Å². The van der Waals surface area contributed by atoms with Crippen LogP contribution in [0.15, 0.2) is 11.2 Å². The monoisotopic (exact) mass is 308 g/mol. The maximum atomic E-state index is 4.70. The number of anilines is 2. The van der Waals surface area contributed by atoms with E-state index in [0.717, 1.165) is 29.8 Å². The molecule has 0 unspecified atom stereocenters. The minimum Gasteiger partial charge on any atom is -0.370 e. The lowest BCUT2D eigenvalue weighted by atomic mass is 10.1. The first-order chi connectivity index (χ1) is 10.2. The van der Waals surface area contributed by atoms with Crippen LogP contribution in [0.3, 0.4) is 0 Å². The van der Waals surface area contributed by atoms with Crippen molar-refractivity contribution < 1.29 is 0 Å². The van der Waals surface area contributed by atoms with Crippen LogP contribution in [0.25, 0.3) is 0 Å². The van der Waals surface area contributed by atoms with Gasteiger partial charge >= 0.3 is 0 Å². The van der Waals surface area contributed by atoms with Gasteiger partial charge in [0.15, 0.2) is 5.16 Å². The highest BCUT2D eigenvalue weighted by molar-refractivity contribution is 7.98. The second-order valence-electron chi connectivity index (χ2n) is 5.78. The number of nitrogens with one attached hydrogen (secondary N) is 1.